The SMILES string of the molecule is Cc1ccc2[nH]c3nc(NC(=O)c4cccc(Cl)c4)nnc3c2c1. The van der Waals surface area contributed by atoms with E-state index in [1.165, 1.54) is 0 Å². The molecular weight excluding hydrogens is 326 g/mol. The topological polar surface area (TPSA) is 83.6 Å². The second-order valence-electron chi connectivity index (χ2n) is 5.47. The maximum Gasteiger partial charge on any atom is 0.258 e. The molecule has 6 nitrogen and oxygen atoms in total. The van der Waals surface area contributed by atoms with Crippen molar-refractivity contribution < 1.29 is 4.79 Å². The van der Waals surface area contributed by atoms with E-state index in [2.05, 4.69) is 25.5 Å². The van der Waals surface area contributed by atoms with E-state index in [4.69, 9.17) is 11.6 Å². The van der Waals surface area contributed by atoms with E-state index >= 15 is 0 Å². The Morgan fingerprint density at radius 2 is 2.04 bits per heavy atom. The average Bonchev–Trinajstić information content (AvgIpc) is 2.92. The third-order valence-corrected chi connectivity index (χ3v) is 3.92. The Hall–Kier alpha value is -2.99. The lowest BCUT2D eigenvalue weighted by molar-refractivity contribution is 0.102. The van der Waals surface area contributed by atoms with E-state index in [0.29, 0.717) is 21.7 Å². The first kappa shape index (κ1) is 14.6. The van der Waals surface area contributed by atoms with Crippen LogP contribution in [0.2, 0.25) is 5.02 Å². The van der Waals surface area contributed by atoms with Gasteiger partial charge in [-0.25, -0.2) is 0 Å². The molecule has 0 aliphatic heterocycles. The summed E-state index contributed by atoms with van der Waals surface area (Å²) in [5.74, 6) is -0.207. The minimum atomic E-state index is -0.342. The number of hydrogen-bond acceptors (Lipinski definition) is 4. The Bertz CT molecular complexity index is 1090. The van der Waals surface area contributed by atoms with Gasteiger partial charge in [0.15, 0.2) is 5.65 Å². The first-order chi connectivity index (χ1) is 11.6. The van der Waals surface area contributed by atoms with E-state index < -0.39 is 0 Å². The van der Waals surface area contributed by atoms with E-state index in [1.54, 1.807) is 24.3 Å². The molecule has 0 unspecified atom stereocenters. The summed E-state index contributed by atoms with van der Waals surface area (Å²) in [4.78, 5) is 19.7. The van der Waals surface area contributed by atoms with Gasteiger partial charge in [0.2, 0.25) is 0 Å². The zero-order chi connectivity index (χ0) is 16.7. The highest BCUT2D eigenvalue weighted by Gasteiger charge is 2.12. The van der Waals surface area contributed by atoms with Crippen molar-refractivity contribution in [1.82, 2.24) is 20.2 Å². The summed E-state index contributed by atoms with van der Waals surface area (Å²) in [6, 6.07) is 12.7. The van der Waals surface area contributed by atoms with Gasteiger partial charge < -0.3 is 4.98 Å². The fourth-order valence-corrected chi connectivity index (χ4v) is 2.73. The fraction of sp³-hybridized carbons (Fsp3) is 0.0588. The third kappa shape index (κ3) is 2.57. The van der Waals surface area contributed by atoms with Crippen LogP contribution in [0.3, 0.4) is 0 Å². The largest absolute Gasteiger partial charge is 0.338 e. The number of halogens is 1. The number of rotatable bonds is 2. The molecular formula is C17H12ClN5O. The van der Waals surface area contributed by atoms with Crippen LogP contribution >= 0.6 is 11.6 Å². The maximum absolute atomic E-state index is 12.2. The Morgan fingerprint density at radius 1 is 1.17 bits per heavy atom. The van der Waals surface area contributed by atoms with Crippen molar-refractivity contribution in [3.8, 4) is 0 Å². The minimum Gasteiger partial charge on any atom is -0.338 e. The normalized spacial score (nSPS) is 11.1. The number of carbonyl (C=O) groups excluding carboxylic acids is 1. The van der Waals surface area contributed by atoms with Gasteiger partial charge in [0.1, 0.15) is 5.52 Å². The summed E-state index contributed by atoms with van der Waals surface area (Å²) in [7, 11) is 0. The van der Waals surface area contributed by atoms with E-state index in [0.717, 1.165) is 16.5 Å². The van der Waals surface area contributed by atoms with Crippen LogP contribution in [0, 0.1) is 6.92 Å². The van der Waals surface area contributed by atoms with Gasteiger partial charge >= 0.3 is 0 Å². The summed E-state index contributed by atoms with van der Waals surface area (Å²) >= 11 is 5.90. The van der Waals surface area contributed by atoms with Gasteiger partial charge in [0.25, 0.3) is 11.9 Å². The number of carbonyl (C=O) groups is 1. The second kappa shape index (κ2) is 5.58. The van der Waals surface area contributed by atoms with Crippen LogP contribution in [-0.2, 0) is 0 Å². The summed E-state index contributed by atoms with van der Waals surface area (Å²) in [6.07, 6.45) is 0. The zero-order valence-corrected chi connectivity index (χ0v) is 13.4. The van der Waals surface area contributed by atoms with Gasteiger partial charge in [0.05, 0.1) is 0 Å². The van der Waals surface area contributed by atoms with Crippen molar-refractivity contribution in [1.29, 1.82) is 0 Å². The fourth-order valence-electron chi connectivity index (χ4n) is 2.54. The molecule has 118 valence electrons. The van der Waals surface area contributed by atoms with Crippen molar-refractivity contribution in [3.63, 3.8) is 0 Å². The van der Waals surface area contributed by atoms with Crippen LogP contribution in [0.15, 0.2) is 42.5 Å². The van der Waals surface area contributed by atoms with Crippen LogP contribution in [0.1, 0.15) is 15.9 Å². The van der Waals surface area contributed by atoms with Crippen LogP contribution in [0.4, 0.5) is 5.95 Å². The molecule has 4 aromatic rings. The Balaban J connectivity index is 1.70. The molecule has 0 fully saturated rings. The van der Waals surface area contributed by atoms with E-state index in [-0.39, 0.29) is 11.9 Å². The molecule has 0 spiro atoms. The summed E-state index contributed by atoms with van der Waals surface area (Å²) in [5.41, 5.74) is 3.74. The quantitative estimate of drug-likeness (QED) is 0.584. The first-order valence-electron chi connectivity index (χ1n) is 7.30. The molecule has 0 aliphatic carbocycles. The molecule has 2 aromatic heterocycles. The van der Waals surface area contributed by atoms with Crippen LogP contribution < -0.4 is 5.32 Å². The molecule has 1 amide bonds. The number of amides is 1. The number of aromatic amines is 1. The summed E-state index contributed by atoms with van der Waals surface area (Å²) in [6.45, 7) is 2.01. The van der Waals surface area contributed by atoms with Gasteiger partial charge in [-0.3, -0.25) is 10.1 Å². The number of H-pyrrole nitrogens is 1. The highest BCUT2D eigenvalue weighted by atomic mass is 35.5. The third-order valence-electron chi connectivity index (χ3n) is 3.68. The van der Waals surface area contributed by atoms with Crippen molar-refractivity contribution in [2.45, 2.75) is 6.92 Å². The van der Waals surface area contributed by atoms with Crippen molar-refractivity contribution in [2.75, 3.05) is 5.32 Å². The monoisotopic (exact) mass is 337 g/mol. The van der Waals surface area contributed by atoms with Crippen LogP contribution in [0.25, 0.3) is 22.1 Å². The van der Waals surface area contributed by atoms with Crippen molar-refractivity contribution >= 4 is 45.5 Å². The van der Waals surface area contributed by atoms with Crippen molar-refractivity contribution in [3.05, 3.63) is 58.6 Å². The molecule has 24 heavy (non-hydrogen) atoms. The smallest absolute Gasteiger partial charge is 0.258 e. The molecule has 0 saturated heterocycles. The number of nitrogens with one attached hydrogen (secondary N) is 2. The van der Waals surface area contributed by atoms with Gasteiger partial charge in [-0.15, -0.1) is 10.2 Å². The second-order valence-corrected chi connectivity index (χ2v) is 5.91. The summed E-state index contributed by atoms with van der Waals surface area (Å²) < 4.78 is 0. The molecule has 2 N–H and O–H groups in total. The minimum absolute atomic E-state index is 0.135. The Kier molecular flexibility index (Phi) is 3.39. The van der Waals surface area contributed by atoms with Gasteiger partial charge in [-0.05, 0) is 37.3 Å². The molecule has 2 heterocycles. The predicted octanol–water partition coefficient (Wildman–Crippen LogP) is 3.72. The molecule has 7 heteroatoms. The van der Waals surface area contributed by atoms with Gasteiger partial charge in [0, 0.05) is 21.5 Å². The van der Waals surface area contributed by atoms with Crippen LogP contribution in [0.5, 0.6) is 0 Å². The number of nitrogens with zero attached hydrogens (tertiary/aromatic N) is 3. The predicted molar refractivity (Wildman–Crippen MR) is 93.3 cm³/mol. The lowest BCUT2D eigenvalue weighted by Gasteiger charge is -2.03. The number of anilines is 1. The number of fused-ring (bicyclic) bond motifs is 3. The van der Waals surface area contributed by atoms with Crippen LogP contribution in [-0.4, -0.2) is 26.1 Å². The van der Waals surface area contributed by atoms with E-state index in [9.17, 15) is 4.79 Å². The molecule has 0 radical (unpaired) electrons. The maximum atomic E-state index is 12.2. The lowest BCUT2D eigenvalue weighted by Crippen LogP contribution is -2.14. The summed E-state index contributed by atoms with van der Waals surface area (Å²) in [5, 5.41) is 12.3. The highest BCUT2D eigenvalue weighted by Crippen LogP contribution is 2.23. The molecule has 0 bridgehead atoms. The molecule has 0 saturated carbocycles. The lowest BCUT2D eigenvalue weighted by atomic mass is 10.2. The highest BCUT2D eigenvalue weighted by molar-refractivity contribution is 6.31. The number of aryl methyl sites for hydroxylation is 1. The number of hydrogen-bond donors (Lipinski definition) is 2. The Labute approximate surface area is 141 Å². The molecule has 4 rings (SSSR count). The van der Waals surface area contributed by atoms with E-state index in [1.807, 2.05) is 25.1 Å². The van der Waals surface area contributed by atoms with Gasteiger partial charge in [-0.2, -0.15) is 4.98 Å². The Morgan fingerprint density at radius 3 is 2.88 bits per heavy atom. The van der Waals surface area contributed by atoms with Crippen molar-refractivity contribution in [2.24, 2.45) is 0 Å². The number of aromatic nitrogens is 4. The average molecular weight is 338 g/mol. The molecule has 0 aliphatic rings. The van der Waals surface area contributed by atoms with Gasteiger partial charge in [-0.1, -0.05) is 29.3 Å². The zero-order valence-electron chi connectivity index (χ0n) is 12.7. The molecule has 2 aromatic carbocycles. The standard InChI is InChI=1S/C17H12ClN5O/c1-9-5-6-13-12(7-9)14-15(19-13)20-17(23-22-14)21-16(24)10-3-2-4-11(18)8-10/h2-8H,1H3,(H2,19,20,21,23,24). The molecule has 0 atom stereocenters. The first-order valence-corrected chi connectivity index (χ1v) is 7.67. The number of benzene rings is 2.